The van der Waals surface area contributed by atoms with Crippen LogP contribution in [0.1, 0.15) is 5.56 Å². The fraction of sp³-hybridized carbons (Fsp3) is 0. The summed E-state index contributed by atoms with van der Waals surface area (Å²) in [5.41, 5.74) is -0.0184. The number of amides is 4. The Morgan fingerprint density at radius 3 is 2.18 bits per heavy atom. The molecule has 3 aromatic rings. The van der Waals surface area contributed by atoms with Gasteiger partial charge in [0.05, 0.1) is 5.69 Å². The van der Waals surface area contributed by atoms with Gasteiger partial charge in [0.25, 0.3) is 11.8 Å². The highest BCUT2D eigenvalue weighted by Gasteiger charge is 2.37. The van der Waals surface area contributed by atoms with E-state index in [1.165, 1.54) is 54.6 Å². The average molecular weight is 483 g/mol. The van der Waals surface area contributed by atoms with E-state index in [1.807, 2.05) is 0 Å². The first-order valence-electron chi connectivity index (χ1n) is 9.52. The molecule has 1 saturated heterocycles. The van der Waals surface area contributed by atoms with Gasteiger partial charge in [-0.1, -0.05) is 48.0 Å². The Morgan fingerprint density at radius 1 is 0.848 bits per heavy atom. The monoisotopic (exact) mass is 482 g/mol. The maximum absolute atomic E-state index is 13.0. The van der Waals surface area contributed by atoms with Gasteiger partial charge in [-0.25, -0.2) is 9.69 Å². The van der Waals surface area contributed by atoms with Crippen molar-refractivity contribution in [1.82, 2.24) is 5.32 Å². The number of urea groups is 1. The number of benzene rings is 3. The van der Waals surface area contributed by atoms with Crippen LogP contribution in [0.15, 0.2) is 89.3 Å². The zero-order valence-corrected chi connectivity index (χ0v) is 18.3. The standard InChI is InChI=1S/C23H15ClN2O6S/c24-16-10-12-17(13-11-16)26-22(28)19(21(27)25-23(26)29)14-15-6-4-5-9-20(15)32-33(30,31)18-7-2-1-3-8-18/h1-14H,(H,25,27,29)/b19-14+. The molecule has 1 fully saturated rings. The van der Waals surface area contributed by atoms with Crippen LogP contribution in [0.2, 0.25) is 5.02 Å². The first-order valence-corrected chi connectivity index (χ1v) is 11.3. The zero-order chi connectivity index (χ0) is 23.6. The lowest BCUT2D eigenvalue weighted by Crippen LogP contribution is -2.54. The fourth-order valence-electron chi connectivity index (χ4n) is 3.07. The molecule has 0 aliphatic carbocycles. The van der Waals surface area contributed by atoms with Gasteiger partial charge in [-0.05, 0) is 48.5 Å². The van der Waals surface area contributed by atoms with Gasteiger partial charge in [-0.15, -0.1) is 0 Å². The second-order valence-electron chi connectivity index (χ2n) is 6.82. The maximum atomic E-state index is 13.0. The van der Waals surface area contributed by atoms with Crippen molar-refractivity contribution < 1.29 is 27.0 Å². The Kier molecular flexibility index (Phi) is 5.99. The van der Waals surface area contributed by atoms with Crippen molar-refractivity contribution >= 4 is 51.3 Å². The summed E-state index contributed by atoms with van der Waals surface area (Å²) in [6.07, 6.45) is 1.17. The van der Waals surface area contributed by atoms with Crippen LogP contribution in [0.5, 0.6) is 5.75 Å². The third-order valence-corrected chi connectivity index (χ3v) is 6.14. The lowest BCUT2D eigenvalue weighted by atomic mass is 10.1. The minimum absolute atomic E-state index is 0.0570. The van der Waals surface area contributed by atoms with Crippen LogP contribution in [0, 0.1) is 0 Å². The Hall–Kier alpha value is -3.95. The SMILES string of the molecule is O=C1NC(=O)N(c2ccc(Cl)cc2)C(=O)/C1=C/c1ccccc1OS(=O)(=O)c1ccccc1. The zero-order valence-electron chi connectivity index (χ0n) is 16.8. The summed E-state index contributed by atoms with van der Waals surface area (Å²) in [5.74, 6) is -1.90. The number of barbiturate groups is 1. The molecule has 0 radical (unpaired) electrons. The molecular formula is C23H15ClN2O6S. The highest BCUT2D eigenvalue weighted by Crippen LogP contribution is 2.28. The minimum Gasteiger partial charge on any atom is -0.378 e. The van der Waals surface area contributed by atoms with Crippen LogP contribution in [0.4, 0.5) is 10.5 Å². The third-order valence-electron chi connectivity index (χ3n) is 4.64. The van der Waals surface area contributed by atoms with Gasteiger partial charge in [0.15, 0.2) is 0 Å². The molecule has 166 valence electrons. The van der Waals surface area contributed by atoms with Crippen LogP contribution < -0.4 is 14.4 Å². The summed E-state index contributed by atoms with van der Waals surface area (Å²) in [4.78, 5) is 38.5. The van der Waals surface area contributed by atoms with Crippen LogP contribution in [-0.4, -0.2) is 26.3 Å². The number of hydrogen-bond donors (Lipinski definition) is 1. The second kappa shape index (κ2) is 8.89. The first-order chi connectivity index (χ1) is 15.8. The van der Waals surface area contributed by atoms with Gasteiger partial charge >= 0.3 is 16.1 Å². The highest BCUT2D eigenvalue weighted by atomic mass is 35.5. The number of rotatable bonds is 5. The Labute approximate surface area is 194 Å². The van der Waals surface area contributed by atoms with E-state index in [4.69, 9.17) is 15.8 Å². The topological polar surface area (TPSA) is 110 Å². The van der Waals surface area contributed by atoms with E-state index >= 15 is 0 Å². The van der Waals surface area contributed by atoms with E-state index in [9.17, 15) is 22.8 Å². The number of carbonyl (C=O) groups is 3. The van der Waals surface area contributed by atoms with E-state index in [-0.39, 0.29) is 27.5 Å². The number of para-hydroxylation sites is 1. The highest BCUT2D eigenvalue weighted by molar-refractivity contribution is 7.87. The quantitative estimate of drug-likeness (QED) is 0.337. The van der Waals surface area contributed by atoms with E-state index < -0.39 is 28.0 Å². The number of hydrogen-bond acceptors (Lipinski definition) is 6. The number of nitrogens with zero attached hydrogens (tertiary/aromatic N) is 1. The molecule has 1 N–H and O–H groups in total. The minimum atomic E-state index is -4.16. The van der Waals surface area contributed by atoms with E-state index in [1.54, 1.807) is 30.3 Å². The van der Waals surface area contributed by atoms with Crippen molar-refractivity contribution in [2.45, 2.75) is 4.90 Å². The number of carbonyl (C=O) groups excluding carboxylic acids is 3. The van der Waals surface area contributed by atoms with Crippen molar-refractivity contribution in [2.24, 2.45) is 0 Å². The summed E-state index contributed by atoms with van der Waals surface area (Å²) in [7, 11) is -4.16. The van der Waals surface area contributed by atoms with Gasteiger partial charge in [0.1, 0.15) is 16.2 Å². The van der Waals surface area contributed by atoms with Crippen molar-refractivity contribution in [1.29, 1.82) is 0 Å². The summed E-state index contributed by atoms with van der Waals surface area (Å²) in [5, 5.41) is 2.51. The van der Waals surface area contributed by atoms with Crippen molar-refractivity contribution in [3.8, 4) is 5.75 Å². The lowest BCUT2D eigenvalue weighted by molar-refractivity contribution is -0.122. The molecule has 3 aromatic carbocycles. The van der Waals surface area contributed by atoms with Crippen LogP contribution in [-0.2, 0) is 19.7 Å². The van der Waals surface area contributed by atoms with Crippen LogP contribution >= 0.6 is 11.6 Å². The summed E-state index contributed by atoms with van der Waals surface area (Å²) in [6.45, 7) is 0. The third kappa shape index (κ3) is 4.64. The first kappa shape index (κ1) is 22.3. The van der Waals surface area contributed by atoms with Crippen LogP contribution in [0.3, 0.4) is 0 Å². The predicted molar refractivity (Wildman–Crippen MR) is 121 cm³/mol. The molecule has 4 amide bonds. The molecule has 1 heterocycles. The van der Waals surface area contributed by atoms with Gasteiger partial charge < -0.3 is 4.18 Å². The van der Waals surface area contributed by atoms with Gasteiger partial charge in [0.2, 0.25) is 0 Å². The van der Waals surface area contributed by atoms with Crippen molar-refractivity contribution in [3.05, 3.63) is 95.0 Å². The average Bonchev–Trinajstić information content (AvgIpc) is 2.79. The van der Waals surface area contributed by atoms with Gasteiger partial charge in [0, 0.05) is 10.6 Å². The number of imide groups is 2. The molecule has 0 unspecified atom stereocenters. The molecule has 10 heteroatoms. The molecule has 0 aromatic heterocycles. The maximum Gasteiger partial charge on any atom is 0.339 e. The molecule has 0 spiro atoms. The molecule has 8 nitrogen and oxygen atoms in total. The smallest absolute Gasteiger partial charge is 0.339 e. The van der Waals surface area contributed by atoms with E-state index in [0.29, 0.717) is 5.02 Å². The van der Waals surface area contributed by atoms with E-state index in [0.717, 1.165) is 4.90 Å². The summed E-state index contributed by atoms with van der Waals surface area (Å²) < 4.78 is 30.5. The normalized spacial score (nSPS) is 15.5. The molecule has 1 aliphatic heterocycles. The predicted octanol–water partition coefficient (Wildman–Crippen LogP) is 3.77. The van der Waals surface area contributed by atoms with Crippen molar-refractivity contribution in [3.63, 3.8) is 0 Å². The van der Waals surface area contributed by atoms with Gasteiger partial charge in [-0.3, -0.25) is 14.9 Å². The summed E-state index contributed by atoms with van der Waals surface area (Å²) in [6, 6.07) is 18.5. The molecular weight excluding hydrogens is 468 g/mol. The molecule has 1 aliphatic rings. The van der Waals surface area contributed by atoms with Gasteiger partial charge in [-0.2, -0.15) is 8.42 Å². The fourth-order valence-corrected chi connectivity index (χ4v) is 4.17. The molecule has 33 heavy (non-hydrogen) atoms. The molecule has 4 rings (SSSR count). The second-order valence-corrected chi connectivity index (χ2v) is 8.81. The summed E-state index contributed by atoms with van der Waals surface area (Å²) >= 11 is 5.86. The van der Waals surface area contributed by atoms with Crippen LogP contribution in [0.25, 0.3) is 6.08 Å². The molecule has 0 saturated carbocycles. The Bertz CT molecular complexity index is 1390. The number of anilines is 1. The molecule has 0 bridgehead atoms. The van der Waals surface area contributed by atoms with Crippen molar-refractivity contribution in [2.75, 3.05) is 4.90 Å². The largest absolute Gasteiger partial charge is 0.378 e. The Morgan fingerprint density at radius 2 is 1.48 bits per heavy atom. The number of halogens is 1. The molecule has 0 atom stereocenters. The van der Waals surface area contributed by atoms with E-state index in [2.05, 4.69) is 5.32 Å². The lowest BCUT2D eigenvalue weighted by Gasteiger charge is -2.26. The number of nitrogens with one attached hydrogen (secondary N) is 1. The Balaban J connectivity index is 1.71.